The monoisotopic (exact) mass is 244 g/mol. The highest BCUT2D eigenvalue weighted by Crippen LogP contribution is 2.30. The zero-order valence-corrected chi connectivity index (χ0v) is 12.0. The third-order valence-electron chi connectivity index (χ3n) is 4.34. The minimum absolute atomic E-state index is 0.172. The van der Waals surface area contributed by atoms with Gasteiger partial charge in [0.25, 0.3) is 0 Å². The van der Waals surface area contributed by atoms with Crippen molar-refractivity contribution >= 4 is 5.97 Å². The van der Waals surface area contributed by atoms with Crippen LogP contribution in [0.2, 0.25) is 0 Å². The van der Waals surface area contributed by atoms with Gasteiger partial charge in [0, 0.05) is 0 Å². The second kappa shape index (κ2) is 7.00. The molecule has 0 fully saturated rings. The van der Waals surface area contributed by atoms with Crippen molar-refractivity contribution in [3.05, 3.63) is 0 Å². The van der Waals surface area contributed by atoms with Crippen LogP contribution >= 0.6 is 0 Å². The Labute approximate surface area is 106 Å². The molecule has 0 aliphatic heterocycles. The molecule has 0 atom stereocenters. The standard InChI is InChI=1S/C14H28O3/c1-6-13(5,7-2)10-17-11-14(8-3,9-4)12(15)16/h6-11H2,1-5H3,(H,15,16). The van der Waals surface area contributed by atoms with Crippen LogP contribution in [0.25, 0.3) is 0 Å². The first-order chi connectivity index (χ1) is 7.89. The zero-order chi connectivity index (χ0) is 13.5. The van der Waals surface area contributed by atoms with Crippen LogP contribution in [0.5, 0.6) is 0 Å². The summed E-state index contributed by atoms with van der Waals surface area (Å²) in [6.07, 6.45) is 3.35. The first-order valence-corrected chi connectivity index (χ1v) is 6.70. The first kappa shape index (κ1) is 16.4. The van der Waals surface area contributed by atoms with Crippen molar-refractivity contribution in [3.8, 4) is 0 Å². The molecule has 0 aromatic heterocycles. The van der Waals surface area contributed by atoms with E-state index in [1.54, 1.807) is 0 Å². The Morgan fingerprint density at radius 1 is 1.00 bits per heavy atom. The largest absolute Gasteiger partial charge is 0.481 e. The lowest BCUT2D eigenvalue weighted by Crippen LogP contribution is -2.36. The quantitative estimate of drug-likeness (QED) is 0.672. The molecule has 102 valence electrons. The van der Waals surface area contributed by atoms with Gasteiger partial charge in [-0.2, -0.15) is 0 Å². The van der Waals surface area contributed by atoms with E-state index in [2.05, 4.69) is 20.8 Å². The number of carboxylic acid groups (broad SMARTS) is 1. The maximum Gasteiger partial charge on any atom is 0.311 e. The van der Waals surface area contributed by atoms with Crippen LogP contribution in [0.1, 0.15) is 60.3 Å². The number of hydrogen-bond donors (Lipinski definition) is 1. The van der Waals surface area contributed by atoms with E-state index in [0.29, 0.717) is 26.1 Å². The number of hydrogen-bond acceptors (Lipinski definition) is 2. The Hall–Kier alpha value is -0.570. The molecule has 0 spiro atoms. The van der Waals surface area contributed by atoms with Gasteiger partial charge in [-0.25, -0.2) is 0 Å². The number of aliphatic carboxylic acids is 1. The van der Waals surface area contributed by atoms with Crippen molar-refractivity contribution in [2.75, 3.05) is 13.2 Å². The molecule has 0 aromatic carbocycles. The van der Waals surface area contributed by atoms with Gasteiger partial charge >= 0.3 is 5.97 Å². The molecule has 1 N–H and O–H groups in total. The van der Waals surface area contributed by atoms with Crippen LogP contribution in [0.15, 0.2) is 0 Å². The molecule has 0 aliphatic carbocycles. The lowest BCUT2D eigenvalue weighted by Gasteiger charge is -2.31. The SMILES string of the molecule is CCC(C)(CC)COCC(CC)(CC)C(=O)O. The summed E-state index contributed by atoms with van der Waals surface area (Å²) in [6, 6.07) is 0. The van der Waals surface area contributed by atoms with Gasteiger partial charge in [-0.3, -0.25) is 4.79 Å². The lowest BCUT2D eigenvalue weighted by atomic mass is 9.82. The molecule has 0 saturated heterocycles. The number of carbonyl (C=O) groups is 1. The van der Waals surface area contributed by atoms with Crippen LogP contribution in [-0.2, 0) is 9.53 Å². The van der Waals surface area contributed by atoms with Crippen molar-refractivity contribution in [2.24, 2.45) is 10.8 Å². The average Bonchev–Trinajstić information content (AvgIpc) is 2.34. The average molecular weight is 244 g/mol. The molecule has 3 heteroatoms. The molecule has 0 rings (SSSR count). The van der Waals surface area contributed by atoms with E-state index in [4.69, 9.17) is 4.74 Å². The molecule has 0 aliphatic rings. The fourth-order valence-corrected chi connectivity index (χ4v) is 1.77. The molecule has 0 saturated carbocycles. The highest BCUT2D eigenvalue weighted by molar-refractivity contribution is 5.74. The highest BCUT2D eigenvalue weighted by atomic mass is 16.5. The predicted octanol–water partition coefficient (Wildman–Crippen LogP) is 3.72. The Balaban J connectivity index is 4.38. The van der Waals surface area contributed by atoms with E-state index < -0.39 is 11.4 Å². The summed E-state index contributed by atoms with van der Waals surface area (Å²) in [5.74, 6) is -0.739. The van der Waals surface area contributed by atoms with Gasteiger partial charge in [0.1, 0.15) is 0 Å². The van der Waals surface area contributed by atoms with Crippen molar-refractivity contribution in [1.82, 2.24) is 0 Å². The third kappa shape index (κ3) is 4.30. The maximum absolute atomic E-state index is 11.3. The predicted molar refractivity (Wildman–Crippen MR) is 70.2 cm³/mol. The first-order valence-electron chi connectivity index (χ1n) is 6.70. The third-order valence-corrected chi connectivity index (χ3v) is 4.34. The van der Waals surface area contributed by atoms with Gasteiger partial charge in [0.2, 0.25) is 0 Å². The molecule has 3 nitrogen and oxygen atoms in total. The Morgan fingerprint density at radius 3 is 1.76 bits per heavy atom. The summed E-state index contributed by atoms with van der Waals surface area (Å²) in [6.45, 7) is 11.3. The topological polar surface area (TPSA) is 46.5 Å². The van der Waals surface area contributed by atoms with E-state index in [0.717, 1.165) is 12.8 Å². The second-order valence-electron chi connectivity index (χ2n) is 5.30. The van der Waals surface area contributed by atoms with E-state index >= 15 is 0 Å². The number of ether oxygens (including phenoxy) is 1. The van der Waals surface area contributed by atoms with Crippen LogP contribution in [0.3, 0.4) is 0 Å². The van der Waals surface area contributed by atoms with Crippen molar-refractivity contribution in [1.29, 1.82) is 0 Å². The van der Waals surface area contributed by atoms with Gasteiger partial charge in [0.05, 0.1) is 18.6 Å². The number of rotatable bonds is 9. The smallest absolute Gasteiger partial charge is 0.311 e. The fourth-order valence-electron chi connectivity index (χ4n) is 1.77. The summed E-state index contributed by atoms with van der Waals surface area (Å²) in [5.41, 5.74) is -0.534. The number of carboxylic acids is 1. The highest BCUT2D eigenvalue weighted by Gasteiger charge is 2.35. The van der Waals surface area contributed by atoms with Gasteiger partial charge in [-0.1, -0.05) is 34.6 Å². The molecule has 0 aromatic rings. The molecule has 0 amide bonds. The summed E-state index contributed by atoms with van der Waals surface area (Å²) in [5, 5.41) is 9.29. The summed E-state index contributed by atoms with van der Waals surface area (Å²) >= 11 is 0. The minimum atomic E-state index is -0.739. The second-order valence-corrected chi connectivity index (χ2v) is 5.30. The lowest BCUT2D eigenvalue weighted by molar-refractivity contribution is -0.154. The molecular formula is C14H28O3. The van der Waals surface area contributed by atoms with Gasteiger partial charge in [0.15, 0.2) is 0 Å². The van der Waals surface area contributed by atoms with E-state index in [1.165, 1.54) is 0 Å². The normalized spacial score (nSPS) is 12.8. The Kier molecular flexibility index (Phi) is 6.76. The van der Waals surface area contributed by atoms with Crippen molar-refractivity contribution in [3.63, 3.8) is 0 Å². The van der Waals surface area contributed by atoms with Crippen LogP contribution in [0.4, 0.5) is 0 Å². The van der Waals surface area contributed by atoms with E-state index in [9.17, 15) is 9.90 Å². The minimum Gasteiger partial charge on any atom is -0.481 e. The summed E-state index contributed by atoms with van der Waals surface area (Å²) in [7, 11) is 0. The van der Waals surface area contributed by atoms with Gasteiger partial charge in [-0.05, 0) is 31.1 Å². The van der Waals surface area contributed by atoms with E-state index in [-0.39, 0.29) is 5.41 Å². The van der Waals surface area contributed by atoms with Crippen LogP contribution < -0.4 is 0 Å². The molecule has 0 bridgehead atoms. The molecule has 0 radical (unpaired) electrons. The molecule has 0 heterocycles. The van der Waals surface area contributed by atoms with Gasteiger partial charge < -0.3 is 9.84 Å². The van der Waals surface area contributed by atoms with Crippen molar-refractivity contribution < 1.29 is 14.6 Å². The summed E-state index contributed by atoms with van der Waals surface area (Å²) < 4.78 is 5.71. The van der Waals surface area contributed by atoms with E-state index in [1.807, 2.05) is 13.8 Å². The Bertz CT molecular complexity index is 228. The fraction of sp³-hybridized carbons (Fsp3) is 0.929. The molecular weight excluding hydrogens is 216 g/mol. The maximum atomic E-state index is 11.3. The molecule has 17 heavy (non-hydrogen) atoms. The van der Waals surface area contributed by atoms with Crippen LogP contribution in [0, 0.1) is 10.8 Å². The summed E-state index contributed by atoms with van der Waals surface area (Å²) in [4.78, 5) is 11.3. The zero-order valence-electron chi connectivity index (χ0n) is 12.0. The van der Waals surface area contributed by atoms with Gasteiger partial charge in [-0.15, -0.1) is 0 Å². The van der Waals surface area contributed by atoms with Crippen molar-refractivity contribution in [2.45, 2.75) is 60.3 Å². The molecule has 0 unspecified atom stereocenters. The van der Waals surface area contributed by atoms with Crippen LogP contribution in [-0.4, -0.2) is 24.3 Å². The Morgan fingerprint density at radius 2 is 1.47 bits per heavy atom.